The van der Waals surface area contributed by atoms with E-state index in [4.69, 9.17) is 30.2 Å². The molecule has 2 amide bonds. The van der Waals surface area contributed by atoms with Gasteiger partial charge in [0, 0.05) is 53.4 Å². The van der Waals surface area contributed by atoms with Crippen LogP contribution in [0.5, 0.6) is 11.5 Å². The fraction of sp³-hybridized carbons (Fsp3) is 0.387. The van der Waals surface area contributed by atoms with Gasteiger partial charge in [0.05, 0.1) is 26.9 Å². The minimum Gasteiger partial charge on any atom is -0.493 e. The summed E-state index contributed by atoms with van der Waals surface area (Å²) >= 11 is 6.45. The van der Waals surface area contributed by atoms with E-state index in [2.05, 4.69) is 5.32 Å². The molecule has 0 aliphatic carbocycles. The zero-order valence-corrected chi connectivity index (χ0v) is 25.1. The number of furan rings is 1. The molecule has 1 aliphatic heterocycles. The standard InChI is InChI=1S/C31H35ClN2O9/c1-31(2,17-35)16-34-22-9-8-18(32)14-21(22)27(20-6-5-7-24(40-3)28(20)41-4)43-25(29(34)37)15-26(36)33-12-10-23-19(30(38)39)11-13-42-23/h5-9,11,13-14,25,27,35H,10,12,15-17H2,1-4H3,(H,33,36)(H,38,39)/t25-,27-/m0/s1. The Kier molecular flexibility index (Phi) is 10.0. The number of hydrogen-bond donors (Lipinski definition) is 3. The number of halogens is 1. The highest BCUT2D eigenvalue weighted by Crippen LogP contribution is 2.45. The minimum absolute atomic E-state index is 0.0187. The van der Waals surface area contributed by atoms with Gasteiger partial charge in [-0.1, -0.05) is 37.6 Å². The Labute approximate surface area is 254 Å². The molecular weight excluding hydrogens is 580 g/mol. The van der Waals surface area contributed by atoms with Gasteiger partial charge in [0.15, 0.2) is 11.5 Å². The van der Waals surface area contributed by atoms with Gasteiger partial charge >= 0.3 is 5.97 Å². The van der Waals surface area contributed by atoms with Gasteiger partial charge in [-0.25, -0.2) is 4.79 Å². The van der Waals surface area contributed by atoms with Gasteiger partial charge < -0.3 is 39.1 Å². The number of carbonyl (C=O) groups excluding carboxylic acids is 2. The van der Waals surface area contributed by atoms with Crippen molar-refractivity contribution in [2.24, 2.45) is 5.41 Å². The molecule has 12 heteroatoms. The maximum atomic E-state index is 14.1. The fourth-order valence-corrected chi connectivity index (χ4v) is 5.17. The van der Waals surface area contributed by atoms with Crippen LogP contribution in [0.25, 0.3) is 0 Å². The Morgan fingerprint density at radius 3 is 2.56 bits per heavy atom. The lowest BCUT2D eigenvalue weighted by Crippen LogP contribution is -2.46. The second kappa shape index (κ2) is 13.5. The Morgan fingerprint density at radius 1 is 1.12 bits per heavy atom. The molecule has 0 saturated heterocycles. The molecule has 1 aliphatic rings. The van der Waals surface area contributed by atoms with E-state index in [9.17, 15) is 24.6 Å². The highest BCUT2D eigenvalue weighted by atomic mass is 35.5. The van der Waals surface area contributed by atoms with Gasteiger partial charge in [-0.05, 0) is 30.3 Å². The summed E-state index contributed by atoms with van der Waals surface area (Å²) in [7, 11) is 3.01. The first kappa shape index (κ1) is 31.9. The molecule has 2 atom stereocenters. The number of carbonyl (C=O) groups is 3. The van der Waals surface area contributed by atoms with Gasteiger partial charge in [-0.15, -0.1) is 0 Å². The number of nitrogens with zero attached hydrogens (tertiary/aromatic N) is 1. The van der Waals surface area contributed by atoms with Crippen LogP contribution in [0.3, 0.4) is 0 Å². The first-order valence-corrected chi connectivity index (χ1v) is 14.0. The second-order valence-corrected chi connectivity index (χ2v) is 11.3. The van der Waals surface area contributed by atoms with E-state index < -0.39 is 35.4 Å². The first-order valence-electron chi connectivity index (χ1n) is 13.6. The molecule has 43 heavy (non-hydrogen) atoms. The third-order valence-electron chi connectivity index (χ3n) is 7.16. The maximum Gasteiger partial charge on any atom is 0.339 e. The molecule has 0 radical (unpaired) electrons. The Morgan fingerprint density at radius 2 is 1.88 bits per heavy atom. The molecule has 230 valence electrons. The van der Waals surface area contributed by atoms with Crippen molar-refractivity contribution in [2.45, 2.75) is 38.9 Å². The molecule has 2 heterocycles. The molecule has 0 bridgehead atoms. The number of aromatic carboxylic acids is 1. The van der Waals surface area contributed by atoms with E-state index in [1.807, 2.05) is 13.8 Å². The van der Waals surface area contributed by atoms with Crippen LogP contribution in [0.1, 0.15) is 53.6 Å². The highest BCUT2D eigenvalue weighted by Gasteiger charge is 2.40. The first-order chi connectivity index (χ1) is 20.5. The largest absolute Gasteiger partial charge is 0.493 e. The van der Waals surface area contributed by atoms with Crippen molar-refractivity contribution < 1.29 is 43.2 Å². The highest BCUT2D eigenvalue weighted by molar-refractivity contribution is 6.30. The van der Waals surface area contributed by atoms with Crippen LogP contribution in [0.4, 0.5) is 5.69 Å². The van der Waals surface area contributed by atoms with Gasteiger partial charge in [-0.3, -0.25) is 9.59 Å². The number of aliphatic hydroxyl groups is 1. The zero-order chi connectivity index (χ0) is 31.3. The van der Waals surface area contributed by atoms with Crippen LogP contribution < -0.4 is 19.7 Å². The molecule has 0 saturated carbocycles. The van der Waals surface area contributed by atoms with Crippen molar-refractivity contribution in [1.29, 1.82) is 0 Å². The van der Waals surface area contributed by atoms with Crippen LogP contribution in [0.2, 0.25) is 5.02 Å². The number of carboxylic acids is 1. The van der Waals surface area contributed by atoms with Crippen LogP contribution in [0, 0.1) is 5.41 Å². The van der Waals surface area contributed by atoms with E-state index in [1.54, 1.807) is 36.4 Å². The molecule has 11 nitrogen and oxygen atoms in total. The minimum atomic E-state index is -1.24. The second-order valence-electron chi connectivity index (χ2n) is 10.9. The smallest absolute Gasteiger partial charge is 0.339 e. The fourth-order valence-electron chi connectivity index (χ4n) is 4.99. The Bertz CT molecular complexity index is 1490. The normalized spacial score (nSPS) is 16.8. The van der Waals surface area contributed by atoms with Crippen LogP contribution in [-0.2, 0) is 20.7 Å². The average Bonchev–Trinajstić information content (AvgIpc) is 3.43. The number of rotatable bonds is 12. The number of para-hydroxylation sites is 1. The van der Waals surface area contributed by atoms with Gasteiger partial charge in [-0.2, -0.15) is 0 Å². The van der Waals surface area contributed by atoms with E-state index in [-0.39, 0.29) is 43.9 Å². The molecule has 2 aromatic carbocycles. The van der Waals surface area contributed by atoms with E-state index >= 15 is 0 Å². The number of carboxylic acid groups (broad SMARTS) is 1. The lowest BCUT2D eigenvalue weighted by molar-refractivity contribution is -0.138. The summed E-state index contributed by atoms with van der Waals surface area (Å²) in [6, 6.07) is 11.7. The summed E-state index contributed by atoms with van der Waals surface area (Å²) in [6.45, 7) is 3.68. The number of amides is 2. The predicted molar refractivity (Wildman–Crippen MR) is 158 cm³/mol. The van der Waals surface area contributed by atoms with Gasteiger partial charge in [0.2, 0.25) is 5.91 Å². The van der Waals surface area contributed by atoms with Crippen LogP contribution >= 0.6 is 11.6 Å². The monoisotopic (exact) mass is 614 g/mol. The van der Waals surface area contributed by atoms with Crippen molar-refractivity contribution >= 4 is 35.1 Å². The average molecular weight is 615 g/mol. The number of methoxy groups -OCH3 is 2. The van der Waals surface area contributed by atoms with Crippen LogP contribution in [-0.4, -0.2) is 68.0 Å². The predicted octanol–water partition coefficient (Wildman–Crippen LogP) is 4.24. The number of fused-ring (bicyclic) bond motifs is 1. The number of nitrogens with one attached hydrogen (secondary N) is 1. The van der Waals surface area contributed by atoms with Crippen LogP contribution in [0.15, 0.2) is 53.1 Å². The number of anilines is 1. The quantitative estimate of drug-likeness (QED) is 0.272. The molecular formula is C31H35ClN2O9. The van der Waals surface area contributed by atoms with Crippen molar-refractivity contribution in [2.75, 3.05) is 38.8 Å². The Hall–Kier alpha value is -4.06. The maximum absolute atomic E-state index is 14.1. The summed E-state index contributed by atoms with van der Waals surface area (Å²) in [5, 5.41) is 22.5. The summed E-state index contributed by atoms with van der Waals surface area (Å²) in [5.41, 5.74) is 0.990. The van der Waals surface area contributed by atoms with Gasteiger partial charge in [0.1, 0.15) is 23.5 Å². The number of ether oxygens (including phenoxy) is 3. The van der Waals surface area contributed by atoms with Crippen molar-refractivity contribution in [3.05, 3.63) is 76.2 Å². The number of benzene rings is 2. The summed E-state index contributed by atoms with van der Waals surface area (Å²) < 4.78 is 22.9. The third-order valence-corrected chi connectivity index (χ3v) is 7.39. The SMILES string of the molecule is COc1cccc([C@@H]2O[C@@H](CC(=O)NCCc3occc3C(=O)O)C(=O)N(CC(C)(C)CO)c3ccc(Cl)cc32)c1OC. The van der Waals surface area contributed by atoms with Crippen molar-refractivity contribution in [3.8, 4) is 11.5 Å². The van der Waals surface area contributed by atoms with Gasteiger partial charge in [0.25, 0.3) is 5.91 Å². The topological polar surface area (TPSA) is 148 Å². The van der Waals surface area contributed by atoms with E-state index in [0.717, 1.165) is 0 Å². The molecule has 1 aromatic heterocycles. The summed E-state index contributed by atoms with van der Waals surface area (Å²) in [4.78, 5) is 40.2. The number of hydrogen-bond acceptors (Lipinski definition) is 8. The molecule has 0 spiro atoms. The molecule has 0 fully saturated rings. The third kappa shape index (κ3) is 7.12. The molecule has 0 unspecified atom stereocenters. The summed E-state index contributed by atoms with van der Waals surface area (Å²) in [6.07, 6.45) is -1.03. The summed E-state index contributed by atoms with van der Waals surface area (Å²) in [5.74, 6) is -1.00. The van der Waals surface area contributed by atoms with Crippen molar-refractivity contribution in [3.63, 3.8) is 0 Å². The van der Waals surface area contributed by atoms with E-state index in [1.165, 1.54) is 31.4 Å². The van der Waals surface area contributed by atoms with Crippen molar-refractivity contribution in [1.82, 2.24) is 5.32 Å². The molecule has 4 rings (SSSR count). The lowest BCUT2D eigenvalue weighted by Gasteiger charge is -2.32. The zero-order valence-electron chi connectivity index (χ0n) is 24.4. The Balaban J connectivity index is 1.70. The number of aliphatic hydroxyl groups excluding tert-OH is 1. The lowest BCUT2D eigenvalue weighted by atomic mass is 9.92. The molecule has 3 N–H and O–H groups in total. The van der Waals surface area contributed by atoms with E-state index in [0.29, 0.717) is 33.3 Å². The molecule has 3 aromatic rings.